The summed E-state index contributed by atoms with van der Waals surface area (Å²) in [6.45, 7) is 1.46. The Balaban J connectivity index is 2.19. The SMILES string of the molecule is CC(=O)OC1CSCCS1. The molecule has 1 aliphatic rings. The van der Waals surface area contributed by atoms with Crippen LogP contribution in [0.4, 0.5) is 0 Å². The van der Waals surface area contributed by atoms with Crippen LogP contribution >= 0.6 is 23.5 Å². The van der Waals surface area contributed by atoms with E-state index in [1.165, 1.54) is 12.7 Å². The Morgan fingerprint density at radius 3 is 2.90 bits per heavy atom. The number of hydrogen-bond donors (Lipinski definition) is 0. The van der Waals surface area contributed by atoms with Gasteiger partial charge in [0.25, 0.3) is 0 Å². The maximum absolute atomic E-state index is 10.5. The minimum absolute atomic E-state index is 0.108. The molecule has 1 saturated heterocycles. The third-order valence-corrected chi connectivity index (χ3v) is 3.66. The third kappa shape index (κ3) is 2.84. The highest BCUT2D eigenvalue weighted by Crippen LogP contribution is 2.24. The van der Waals surface area contributed by atoms with Crippen LogP contribution in [-0.4, -0.2) is 28.7 Å². The highest BCUT2D eigenvalue weighted by Gasteiger charge is 2.15. The predicted molar refractivity (Wildman–Crippen MR) is 45.3 cm³/mol. The quantitative estimate of drug-likeness (QED) is 0.566. The first-order valence-electron chi connectivity index (χ1n) is 3.15. The van der Waals surface area contributed by atoms with Gasteiger partial charge in [-0.3, -0.25) is 4.79 Å². The molecule has 10 heavy (non-hydrogen) atoms. The fourth-order valence-electron chi connectivity index (χ4n) is 0.719. The molecule has 0 aliphatic carbocycles. The summed E-state index contributed by atoms with van der Waals surface area (Å²) >= 11 is 3.57. The van der Waals surface area contributed by atoms with Gasteiger partial charge in [-0.2, -0.15) is 11.8 Å². The van der Waals surface area contributed by atoms with Crippen LogP contribution in [0, 0.1) is 0 Å². The van der Waals surface area contributed by atoms with E-state index in [9.17, 15) is 4.79 Å². The van der Waals surface area contributed by atoms with Crippen LogP contribution in [0.15, 0.2) is 0 Å². The van der Waals surface area contributed by atoms with Crippen molar-refractivity contribution < 1.29 is 9.53 Å². The van der Waals surface area contributed by atoms with Gasteiger partial charge in [-0.05, 0) is 0 Å². The average molecular weight is 178 g/mol. The van der Waals surface area contributed by atoms with E-state index >= 15 is 0 Å². The molecular formula is C6H10O2S2. The van der Waals surface area contributed by atoms with Crippen LogP contribution in [0.5, 0.6) is 0 Å². The number of ether oxygens (including phenoxy) is 1. The maximum Gasteiger partial charge on any atom is 0.303 e. The van der Waals surface area contributed by atoms with Crippen molar-refractivity contribution in [3.8, 4) is 0 Å². The third-order valence-electron chi connectivity index (χ3n) is 1.08. The Hall–Kier alpha value is 0.170. The second kappa shape index (κ2) is 4.13. The largest absolute Gasteiger partial charge is 0.451 e. The number of carbonyl (C=O) groups excluding carboxylic acids is 1. The van der Waals surface area contributed by atoms with Crippen LogP contribution in [0.25, 0.3) is 0 Å². The summed E-state index contributed by atoms with van der Waals surface area (Å²) < 4.78 is 4.99. The van der Waals surface area contributed by atoms with Gasteiger partial charge >= 0.3 is 5.97 Å². The van der Waals surface area contributed by atoms with Crippen LogP contribution in [0.3, 0.4) is 0 Å². The lowest BCUT2D eigenvalue weighted by atomic mass is 10.7. The fourth-order valence-corrected chi connectivity index (χ4v) is 3.14. The lowest BCUT2D eigenvalue weighted by Gasteiger charge is -2.19. The van der Waals surface area contributed by atoms with Gasteiger partial charge in [0, 0.05) is 24.2 Å². The molecule has 0 aromatic carbocycles. The Morgan fingerprint density at radius 2 is 2.40 bits per heavy atom. The van der Waals surface area contributed by atoms with Gasteiger partial charge in [-0.25, -0.2) is 0 Å². The zero-order chi connectivity index (χ0) is 7.40. The number of esters is 1. The molecule has 1 aliphatic heterocycles. The van der Waals surface area contributed by atoms with Gasteiger partial charge in [-0.1, -0.05) is 0 Å². The zero-order valence-corrected chi connectivity index (χ0v) is 7.46. The zero-order valence-electron chi connectivity index (χ0n) is 5.83. The first-order chi connectivity index (χ1) is 4.79. The van der Waals surface area contributed by atoms with Gasteiger partial charge in [-0.15, -0.1) is 11.8 Å². The monoisotopic (exact) mass is 178 g/mol. The van der Waals surface area contributed by atoms with Crippen LogP contribution < -0.4 is 0 Å². The van der Waals surface area contributed by atoms with Crippen LogP contribution in [-0.2, 0) is 9.53 Å². The number of rotatable bonds is 1. The molecule has 0 bridgehead atoms. The van der Waals surface area contributed by atoms with Gasteiger partial charge in [0.15, 0.2) is 5.44 Å². The highest BCUT2D eigenvalue weighted by molar-refractivity contribution is 8.06. The van der Waals surface area contributed by atoms with E-state index in [2.05, 4.69) is 0 Å². The lowest BCUT2D eigenvalue weighted by molar-refractivity contribution is -0.141. The summed E-state index contributed by atoms with van der Waals surface area (Å²) in [6.07, 6.45) is 0. The summed E-state index contributed by atoms with van der Waals surface area (Å²) in [5.74, 6) is 3.06. The minimum Gasteiger partial charge on any atom is -0.451 e. The summed E-state index contributed by atoms with van der Waals surface area (Å²) in [5, 5.41) is 0. The first-order valence-corrected chi connectivity index (χ1v) is 5.36. The molecule has 0 aromatic rings. The summed E-state index contributed by atoms with van der Waals surface area (Å²) in [7, 11) is 0. The molecule has 1 heterocycles. The molecule has 0 saturated carbocycles. The van der Waals surface area contributed by atoms with Crippen LogP contribution in [0.2, 0.25) is 0 Å². The van der Waals surface area contributed by atoms with Crippen molar-refractivity contribution >= 4 is 29.5 Å². The molecule has 1 fully saturated rings. The normalized spacial score (nSPS) is 25.9. The van der Waals surface area contributed by atoms with Gasteiger partial charge < -0.3 is 4.74 Å². The van der Waals surface area contributed by atoms with Crippen molar-refractivity contribution in [1.29, 1.82) is 0 Å². The second-order valence-electron chi connectivity index (χ2n) is 1.98. The minimum atomic E-state index is -0.167. The molecule has 1 unspecified atom stereocenters. The molecule has 0 N–H and O–H groups in total. The lowest BCUT2D eigenvalue weighted by Crippen LogP contribution is -2.19. The van der Waals surface area contributed by atoms with Crippen molar-refractivity contribution in [2.45, 2.75) is 12.4 Å². The number of carbonyl (C=O) groups is 1. The van der Waals surface area contributed by atoms with Crippen molar-refractivity contribution in [3.05, 3.63) is 0 Å². The Bertz CT molecular complexity index is 121. The molecule has 1 atom stereocenters. The molecule has 0 radical (unpaired) electrons. The summed E-state index contributed by atoms with van der Waals surface area (Å²) in [4.78, 5) is 10.5. The molecule has 0 spiro atoms. The molecule has 0 aromatic heterocycles. The van der Waals surface area contributed by atoms with E-state index in [-0.39, 0.29) is 11.4 Å². The van der Waals surface area contributed by atoms with Gasteiger partial charge in [0.1, 0.15) is 0 Å². The van der Waals surface area contributed by atoms with Crippen LogP contribution in [0.1, 0.15) is 6.92 Å². The average Bonchev–Trinajstić information content (AvgIpc) is 1.88. The van der Waals surface area contributed by atoms with E-state index in [0.29, 0.717) is 0 Å². The van der Waals surface area contributed by atoms with Crippen molar-refractivity contribution in [2.75, 3.05) is 17.3 Å². The molecular weight excluding hydrogens is 168 g/mol. The van der Waals surface area contributed by atoms with E-state index in [4.69, 9.17) is 4.74 Å². The van der Waals surface area contributed by atoms with E-state index in [1.807, 2.05) is 11.8 Å². The van der Waals surface area contributed by atoms with Crippen molar-refractivity contribution in [3.63, 3.8) is 0 Å². The number of thioether (sulfide) groups is 2. The smallest absolute Gasteiger partial charge is 0.303 e. The molecule has 4 heteroatoms. The second-order valence-corrected chi connectivity index (χ2v) is 4.40. The number of hydrogen-bond acceptors (Lipinski definition) is 4. The van der Waals surface area contributed by atoms with E-state index in [1.54, 1.807) is 11.8 Å². The van der Waals surface area contributed by atoms with Gasteiger partial charge in [0.05, 0.1) is 0 Å². The van der Waals surface area contributed by atoms with Crippen molar-refractivity contribution in [2.24, 2.45) is 0 Å². The Kier molecular flexibility index (Phi) is 3.42. The molecule has 0 amide bonds. The Morgan fingerprint density at radius 1 is 1.60 bits per heavy atom. The highest BCUT2D eigenvalue weighted by atomic mass is 32.2. The predicted octanol–water partition coefficient (Wildman–Crippen LogP) is 1.36. The summed E-state index contributed by atoms with van der Waals surface area (Å²) in [6, 6.07) is 0. The maximum atomic E-state index is 10.5. The molecule has 2 nitrogen and oxygen atoms in total. The molecule has 58 valence electrons. The van der Waals surface area contributed by atoms with E-state index < -0.39 is 0 Å². The Labute approximate surface area is 69.1 Å². The first kappa shape index (κ1) is 8.27. The van der Waals surface area contributed by atoms with E-state index in [0.717, 1.165) is 11.5 Å². The van der Waals surface area contributed by atoms with Gasteiger partial charge in [0.2, 0.25) is 0 Å². The molecule has 1 rings (SSSR count). The van der Waals surface area contributed by atoms with Crippen molar-refractivity contribution in [1.82, 2.24) is 0 Å². The fraction of sp³-hybridized carbons (Fsp3) is 0.833. The topological polar surface area (TPSA) is 26.3 Å². The standard InChI is InChI=1S/C6H10O2S2/c1-5(7)8-6-4-9-2-3-10-6/h6H,2-4H2,1H3. The summed E-state index contributed by atoms with van der Waals surface area (Å²) in [5.41, 5.74) is 0.108.